The van der Waals surface area contributed by atoms with E-state index >= 15 is 0 Å². The zero-order valence-corrected chi connectivity index (χ0v) is 29.1. The maximum Gasteiger partial charge on any atom is 0.312 e. The third-order valence-electron chi connectivity index (χ3n) is 7.35. The molecular weight excluding hydrogens is 630 g/mol. The predicted octanol–water partition coefficient (Wildman–Crippen LogP) is 4.09. The Morgan fingerprint density at radius 1 is 0.755 bits per heavy atom. The molecule has 268 valence electrons. The number of nitrogens with one attached hydrogen (secondary N) is 4. The lowest BCUT2D eigenvalue weighted by atomic mass is 9.97. The van der Waals surface area contributed by atoms with Crippen LogP contribution in [0, 0.1) is 11.3 Å². The molecule has 0 aliphatic carbocycles. The maximum atomic E-state index is 13.4. The summed E-state index contributed by atoms with van der Waals surface area (Å²) in [4.78, 5) is 74.7. The number of carbonyl (C=O) groups is 6. The molecule has 5 amide bonds. The molecule has 13 heteroatoms. The summed E-state index contributed by atoms with van der Waals surface area (Å²) in [5.41, 5.74) is 6.60. The van der Waals surface area contributed by atoms with Crippen LogP contribution in [-0.4, -0.2) is 54.3 Å². The van der Waals surface area contributed by atoms with E-state index in [9.17, 15) is 28.8 Å². The number of primary amides is 1. The van der Waals surface area contributed by atoms with Crippen LogP contribution in [-0.2, 0) is 46.7 Å². The third-order valence-corrected chi connectivity index (χ3v) is 7.35. The van der Waals surface area contributed by atoms with Gasteiger partial charge in [0.2, 0.25) is 17.7 Å². The fourth-order valence-corrected chi connectivity index (χ4v) is 4.47. The molecule has 0 bridgehead atoms. The number of amides is 5. The first kappa shape index (κ1) is 40.2. The topological polar surface area (TPSA) is 195 Å². The third kappa shape index (κ3) is 16.1. The van der Waals surface area contributed by atoms with Crippen LogP contribution in [0.15, 0.2) is 54.6 Å². The molecule has 2 rings (SSSR count). The van der Waals surface area contributed by atoms with Gasteiger partial charge in [0.15, 0.2) is 0 Å². The smallest absolute Gasteiger partial charge is 0.312 e. The van der Waals surface area contributed by atoms with E-state index in [4.69, 9.17) is 15.2 Å². The summed E-state index contributed by atoms with van der Waals surface area (Å²) in [6.45, 7) is 9.32. The van der Waals surface area contributed by atoms with Crippen LogP contribution >= 0.6 is 0 Å². The van der Waals surface area contributed by atoms with Crippen LogP contribution in [0.25, 0.3) is 0 Å². The minimum atomic E-state index is -0.991. The summed E-state index contributed by atoms with van der Waals surface area (Å²) < 4.78 is 10.6. The van der Waals surface area contributed by atoms with Crippen molar-refractivity contribution < 1.29 is 38.2 Å². The second kappa shape index (κ2) is 20.4. The second-order valence-corrected chi connectivity index (χ2v) is 13.1. The number of esters is 2. The molecule has 0 fully saturated rings. The van der Waals surface area contributed by atoms with Crippen LogP contribution in [0.1, 0.15) is 84.3 Å². The predicted molar refractivity (Wildman–Crippen MR) is 185 cm³/mol. The summed E-state index contributed by atoms with van der Waals surface area (Å²) in [6, 6.07) is 13.5. The van der Waals surface area contributed by atoms with Crippen molar-refractivity contribution in [3.8, 4) is 0 Å². The number of ether oxygens (including phenoxy) is 2. The molecular formula is C36H51N5O8. The summed E-state index contributed by atoms with van der Waals surface area (Å²) in [5.74, 6) is -2.36. The molecule has 2 atom stereocenters. The number of benzene rings is 2. The highest BCUT2D eigenvalue weighted by Crippen LogP contribution is 2.18. The highest BCUT2D eigenvalue weighted by Gasteiger charge is 2.29. The first-order chi connectivity index (χ1) is 23.1. The Balaban J connectivity index is 1.93. The quantitative estimate of drug-likeness (QED) is 0.108. The fraction of sp³-hybridized carbons (Fsp3) is 0.500. The lowest BCUT2D eigenvalue weighted by Crippen LogP contribution is -2.54. The zero-order chi connectivity index (χ0) is 36.4. The number of rotatable bonds is 19. The van der Waals surface area contributed by atoms with E-state index in [0.29, 0.717) is 24.9 Å². The van der Waals surface area contributed by atoms with Gasteiger partial charge >= 0.3 is 18.0 Å². The summed E-state index contributed by atoms with van der Waals surface area (Å²) in [6.07, 6.45) is 1.67. The Morgan fingerprint density at radius 3 is 1.98 bits per heavy atom. The van der Waals surface area contributed by atoms with Gasteiger partial charge in [-0.15, -0.1) is 0 Å². The first-order valence-corrected chi connectivity index (χ1v) is 16.5. The van der Waals surface area contributed by atoms with Crippen molar-refractivity contribution in [2.75, 3.05) is 11.9 Å². The van der Waals surface area contributed by atoms with E-state index in [-0.39, 0.29) is 62.8 Å². The molecule has 2 aromatic carbocycles. The molecule has 0 spiro atoms. The lowest BCUT2D eigenvalue weighted by molar-refractivity contribution is -0.154. The van der Waals surface area contributed by atoms with Gasteiger partial charge in [0.1, 0.15) is 25.3 Å². The number of hydrogen-bond donors (Lipinski definition) is 5. The molecule has 0 heterocycles. The Bertz CT molecular complexity index is 1390. The normalized spacial score (nSPS) is 12.3. The van der Waals surface area contributed by atoms with Gasteiger partial charge in [-0.2, -0.15) is 0 Å². The van der Waals surface area contributed by atoms with E-state index in [1.165, 1.54) is 0 Å². The van der Waals surface area contributed by atoms with Crippen molar-refractivity contribution in [2.45, 2.75) is 98.4 Å². The molecule has 0 aliphatic heterocycles. The van der Waals surface area contributed by atoms with Crippen LogP contribution in [0.3, 0.4) is 0 Å². The molecule has 0 aliphatic rings. The van der Waals surface area contributed by atoms with Crippen molar-refractivity contribution >= 4 is 41.4 Å². The van der Waals surface area contributed by atoms with E-state index in [2.05, 4.69) is 21.3 Å². The van der Waals surface area contributed by atoms with Crippen LogP contribution in [0.2, 0.25) is 0 Å². The van der Waals surface area contributed by atoms with Gasteiger partial charge in [-0.05, 0) is 75.6 Å². The van der Waals surface area contributed by atoms with Crippen molar-refractivity contribution in [2.24, 2.45) is 17.1 Å². The van der Waals surface area contributed by atoms with Gasteiger partial charge in [0.25, 0.3) is 0 Å². The Labute approximate surface area is 288 Å². The molecule has 0 aromatic heterocycles. The average Bonchev–Trinajstić information content (AvgIpc) is 3.05. The number of hydrogen-bond acceptors (Lipinski definition) is 8. The van der Waals surface area contributed by atoms with Gasteiger partial charge in [-0.3, -0.25) is 24.0 Å². The molecule has 0 radical (unpaired) electrons. The minimum Gasteiger partial charge on any atom is -0.461 e. The van der Waals surface area contributed by atoms with Gasteiger partial charge in [-0.25, -0.2) is 4.79 Å². The largest absolute Gasteiger partial charge is 0.461 e. The fourth-order valence-electron chi connectivity index (χ4n) is 4.47. The minimum absolute atomic E-state index is 0.0828. The Hall–Kier alpha value is -4.94. The van der Waals surface area contributed by atoms with Gasteiger partial charge in [0, 0.05) is 25.1 Å². The average molecular weight is 682 g/mol. The lowest BCUT2D eigenvalue weighted by Gasteiger charge is -2.25. The molecule has 0 unspecified atom stereocenters. The maximum absolute atomic E-state index is 13.4. The summed E-state index contributed by atoms with van der Waals surface area (Å²) >= 11 is 0. The zero-order valence-electron chi connectivity index (χ0n) is 29.1. The van der Waals surface area contributed by atoms with Gasteiger partial charge in [0.05, 0.1) is 5.41 Å². The number of carbonyl (C=O) groups excluding carboxylic acids is 6. The molecule has 49 heavy (non-hydrogen) atoms. The van der Waals surface area contributed by atoms with E-state index in [0.717, 1.165) is 11.1 Å². The Morgan fingerprint density at radius 2 is 1.37 bits per heavy atom. The standard InChI is InChI=1S/C36H51N5O8/c1-24(2)31(41-29(42)15-9-10-16-30(43)48-22-25-12-7-6-8-13-25)33(45)40-28(14-11-21-38-35(37)47)32(44)39-27-19-17-26(18-20-27)23-49-34(46)36(3,4)5/h6-8,12-13,17-20,24,28,31H,9-11,14-16,21-23H2,1-5H3,(H,39,44)(H,40,45)(H,41,42)(H3,37,38,47)/t28-,31-/m0/s1. The Kier molecular flexibility index (Phi) is 16.8. The molecule has 0 saturated heterocycles. The van der Waals surface area contributed by atoms with Crippen molar-refractivity contribution in [1.82, 2.24) is 16.0 Å². The van der Waals surface area contributed by atoms with E-state index in [1.54, 1.807) is 58.9 Å². The van der Waals surface area contributed by atoms with Gasteiger partial charge < -0.3 is 36.5 Å². The first-order valence-electron chi connectivity index (χ1n) is 16.5. The highest BCUT2D eigenvalue weighted by molar-refractivity contribution is 5.98. The molecule has 6 N–H and O–H groups in total. The number of urea groups is 1. The van der Waals surface area contributed by atoms with Crippen LogP contribution in [0.4, 0.5) is 10.5 Å². The van der Waals surface area contributed by atoms with Crippen molar-refractivity contribution in [3.63, 3.8) is 0 Å². The molecule has 0 saturated carbocycles. The number of nitrogens with two attached hydrogens (primary N) is 1. The van der Waals surface area contributed by atoms with E-state index < -0.39 is 35.3 Å². The number of unbranched alkanes of at least 4 members (excludes halogenated alkanes) is 1. The van der Waals surface area contributed by atoms with Crippen molar-refractivity contribution in [1.29, 1.82) is 0 Å². The number of anilines is 1. The molecule has 13 nitrogen and oxygen atoms in total. The highest BCUT2D eigenvalue weighted by atomic mass is 16.5. The van der Waals surface area contributed by atoms with E-state index in [1.807, 2.05) is 30.3 Å². The summed E-state index contributed by atoms with van der Waals surface area (Å²) in [5, 5.41) is 10.8. The molecule has 2 aromatic rings. The monoisotopic (exact) mass is 681 g/mol. The van der Waals surface area contributed by atoms with Crippen LogP contribution in [0.5, 0.6) is 0 Å². The van der Waals surface area contributed by atoms with Crippen molar-refractivity contribution in [3.05, 3.63) is 65.7 Å². The second-order valence-electron chi connectivity index (χ2n) is 13.1. The SMILES string of the molecule is CC(C)[C@H](NC(=O)CCCCC(=O)OCc1ccccc1)C(=O)N[C@@H](CCCNC(N)=O)C(=O)Nc1ccc(COC(=O)C(C)(C)C)cc1. The van der Waals surface area contributed by atoms with Gasteiger partial charge in [-0.1, -0.05) is 56.3 Å². The van der Waals surface area contributed by atoms with Crippen LogP contribution < -0.4 is 27.0 Å². The summed E-state index contributed by atoms with van der Waals surface area (Å²) in [7, 11) is 0.